The fraction of sp³-hybridized carbons (Fsp3) is 0.250. The zero-order valence-electron chi connectivity index (χ0n) is 19.5. The molecule has 34 heavy (non-hydrogen) atoms. The number of H-pyrrole nitrogens is 1. The van der Waals surface area contributed by atoms with Gasteiger partial charge in [0, 0.05) is 35.9 Å². The predicted octanol–water partition coefficient (Wildman–Crippen LogP) is 4.36. The van der Waals surface area contributed by atoms with Crippen molar-refractivity contribution in [3.05, 3.63) is 47.6 Å². The molecule has 0 radical (unpaired) electrons. The molecule has 172 valence electrons. The Kier molecular flexibility index (Phi) is 4.38. The number of pyridine rings is 1. The van der Waals surface area contributed by atoms with E-state index in [0.717, 1.165) is 67.4 Å². The number of nitrogens with one attached hydrogen (secondary N) is 3. The van der Waals surface area contributed by atoms with Crippen molar-refractivity contribution in [1.29, 1.82) is 0 Å². The predicted molar refractivity (Wildman–Crippen MR) is 132 cm³/mol. The third kappa shape index (κ3) is 2.95. The fourth-order valence-corrected chi connectivity index (χ4v) is 4.72. The zero-order chi connectivity index (χ0) is 23.6. The van der Waals surface area contributed by atoms with E-state index in [0.29, 0.717) is 5.82 Å². The Bertz CT molecular complexity index is 1590. The number of hydrogen-bond acceptors (Lipinski definition) is 8. The van der Waals surface area contributed by atoms with Crippen LogP contribution in [-0.4, -0.2) is 44.0 Å². The molecule has 10 heteroatoms. The van der Waals surface area contributed by atoms with Crippen LogP contribution in [0.15, 0.2) is 40.1 Å². The highest BCUT2D eigenvalue weighted by atomic mass is 16.5. The maximum atomic E-state index is 5.80. The quantitative estimate of drug-likeness (QED) is 0.369. The first-order valence-electron chi connectivity index (χ1n) is 11.0. The first-order chi connectivity index (χ1) is 16.4. The molecule has 0 saturated carbocycles. The Balaban J connectivity index is 1.52. The number of aromatic nitrogens is 5. The van der Waals surface area contributed by atoms with E-state index in [1.54, 1.807) is 13.3 Å². The Morgan fingerprint density at radius 2 is 2.03 bits per heavy atom. The molecule has 1 aliphatic rings. The third-order valence-corrected chi connectivity index (χ3v) is 6.22. The highest BCUT2D eigenvalue weighted by Gasteiger charge is 2.26. The Morgan fingerprint density at radius 3 is 2.79 bits per heavy atom. The SMILES string of the molecule is COc1cc2c3c([nH]c2cc1-c1c(C)noc1C)NC(C)N=C3Nc1nn(C)c2ccncc12. The summed E-state index contributed by atoms with van der Waals surface area (Å²) in [7, 11) is 3.58. The van der Waals surface area contributed by atoms with Gasteiger partial charge in [-0.05, 0) is 39.0 Å². The van der Waals surface area contributed by atoms with Crippen LogP contribution >= 0.6 is 0 Å². The number of fused-ring (bicyclic) bond motifs is 4. The van der Waals surface area contributed by atoms with Crippen molar-refractivity contribution in [1.82, 2.24) is 24.9 Å². The van der Waals surface area contributed by atoms with Gasteiger partial charge in [-0.2, -0.15) is 5.10 Å². The summed E-state index contributed by atoms with van der Waals surface area (Å²) in [4.78, 5) is 12.6. The summed E-state index contributed by atoms with van der Waals surface area (Å²) in [5, 5.41) is 17.6. The normalized spacial score (nSPS) is 15.3. The van der Waals surface area contributed by atoms with E-state index >= 15 is 0 Å². The monoisotopic (exact) mass is 456 g/mol. The van der Waals surface area contributed by atoms with Crippen molar-refractivity contribution >= 4 is 39.3 Å². The van der Waals surface area contributed by atoms with E-state index in [9.17, 15) is 0 Å². The molecule has 0 amide bonds. The number of hydrogen-bond donors (Lipinski definition) is 3. The van der Waals surface area contributed by atoms with Gasteiger partial charge in [0.05, 0.1) is 34.8 Å². The Morgan fingerprint density at radius 1 is 1.18 bits per heavy atom. The average Bonchev–Trinajstić information content (AvgIpc) is 3.45. The molecule has 0 aliphatic carbocycles. The molecule has 3 N–H and O–H groups in total. The minimum absolute atomic E-state index is 0.125. The van der Waals surface area contributed by atoms with Crippen molar-refractivity contribution in [3.63, 3.8) is 0 Å². The third-order valence-electron chi connectivity index (χ3n) is 6.22. The summed E-state index contributed by atoms with van der Waals surface area (Å²) in [6.45, 7) is 5.84. The van der Waals surface area contributed by atoms with Crippen LogP contribution < -0.4 is 15.4 Å². The summed E-state index contributed by atoms with van der Waals surface area (Å²) in [5.41, 5.74) is 5.55. The first-order valence-corrected chi connectivity index (χ1v) is 11.0. The van der Waals surface area contributed by atoms with Crippen LogP contribution in [-0.2, 0) is 7.05 Å². The number of methoxy groups -OCH3 is 1. The summed E-state index contributed by atoms with van der Waals surface area (Å²) < 4.78 is 13.0. The van der Waals surface area contributed by atoms with Crippen LogP contribution in [0.2, 0.25) is 0 Å². The molecular formula is C24H24N8O2. The minimum atomic E-state index is -0.125. The van der Waals surface area contributed by atoms with Crippen molar-refractivity contribution in [2.24, 2.45) is 12.0 Å². The van der Waals surface area contributed by atoms with Gasteiger partial charge in [-0.15, -0.1) is 0 Å². The van der Waals surface area contributed by atoms with E-state index in [1.807, 2.05) is 50.8 Å². The summed E-state index contributed by atoms with van der Waals surface area (Å²) in [6.07, 6.45) is 3.45. The fourth-order valence-electron chi connectivity index (χ4n) is 4.72. The van der Waals surface area contributed by atoms with Crippen molar-refractivity contribution in [3.8, 4) is 16.9 Å². The van der Waals surface area contributed by atoms with Gasteiger partial charge in [-0.25, -0.2) is 4.99 Å². The molecule has 1 unspecified atom stereocenters. The van der Waals surface area contributed by atoms with Crippen LogP contribution in [0.1, 0.15) is 23.9 Å². The first kappa shape index (κ1) is 20.3. The van der Waals surface area contributed by atoms with E-state index < -0.39 is 0 Å². The summed E-state index contributed by atoms with van der Waals surface area (Å²) in [5.74, 6) is 3.80. The van der Waals surface area contributed by atoms with Gasteiger partial charge in [0.1, 0.15) is 29.3 Å². The Hall–Kier alpha value is -4.34. The van der Waals surface area contributed by atoms with Crippen molar-refractivity contribution < 1.29 is 9.26 Å². The molecule has 0 spiro atoms. The standard InChI is InChI=1S/C24H24N8O2/c1-11-20(12(2)34-31-11)15-8-17-14(9-19(15)33-5)21-23(28-17)26-13(3)27-24(21)29-22-16-10-25-7-6-18(16)32(4)30-22/h6-10,13,26,28H,1-5H3,(H,27,29,30). The van der Waals surface area contributed by atoms with Gasteiger partial charge in [0.15, 0.2) is 5.82 Å². The van der Waals surface area contributed by atoms with E-state index in [1.165, 1.54) is 0 Å². The number of ether oxygens (including phenoxy) is 1. The lowest BCUT2D eigenvalue weighted by Crippen LogP contribution is -2.27. The summed E-state index contributed by atoms with van der Waals surface area (Å²) >= 11 is 0. The second-order valence-corrected chi connectivity index (χ2v) is 8.46. The molecule has 10 nitrogen and oxygen atoms in total. The molecule has 0 saturated heterocycles. The maximum Gasteiger partial charge on any atom is 0.163 e. The number of amidine groups is 1. The summed E-state index contributed by atoms with van der Waals surface area (Å²) in [6, 6.07) is 6.04. The molecule has 5 aromatic rings. The van der Waals surface area contributed by atoms with Crippen molar-refractivity contribution in [2.45, 2.75) is 26.9 Å². The molecule has 1 aliphatic heterocycles. The largest absolute Gasteiger partial charge is 0.496 e. The van der Waals surface area contributed by atoms with Gasteiger partial charge >= 0.3 is 0 Å². The molecule has 6 rings (SSSR count). The Labute approximate surface area is 195 Å². The van der Waals surface area contributed by atoms with Crippen LogP contribution in [0.4, 0.5) is 11.6 Å². The zero-order valence-corrected chi connectivity index (χ0v) is 19.5. The van der Waals surface area contributed by atoms with Crippen LogP contribution in [0.25, 0.3) is 32.9 Å². The van der Waals surface area contributed by atoms with Gasteiger partial charge in [0.25, 0.3) is 0 Å². The van der Waals surface area contributed by atoms with Gasteiger partial charge in [-0.3, -0.25) is 9.67 Å². The van der Waals surface area contributed by atoms with Crippen LogP contribution in [0, 0.1) is 13.8 Å². The number of aromatic amines is 1. The average molecular weight is 457 g/mol. The molecule has 1 aromatic carbocycles. The number of aliphatic imine (C=N–C) groups is 1. The minimum Gasteiger partial charge on any atom is -0.496 e. The highest BCUT2D eigenvalue weighted by Crippen LogP contribution is 2.41. The molecule has 1 atom stereocenters. The molecule has 4 aromatic heterocycles. The van der Waals surface area contributed by atoms with Crippen LogP contribution in [0.5, 0.6) is 5.75 Å². The number of nitrogens with zero attached hydrogens (tertiary/aromatic N) is 5. The van der Waals surface area contributed by atoms with Crippen LogP contribution in [0.3, 0.4) is 0 Å². The van der Waals surface area contributed by atoms with Gasteiger partial charge in [-0.1, -0.05) is 5.16 Å². The molecule has 0 bridgehead atoms. The lowest BCUT2D eigenvalue weighted by molar-refractivity contribution is 0.393. The lowest BCUT2D eigenvalue weighted by Gasteiger charge is -2.21. The van der Waals surface area contributed by atoms with E-state index in [4.69, 9.17) is 14.3 Å². The molecular weight excluding hydrogens is 432 g/mol. The number of benzene rings is 1. The molecule has 0 fully saturated rings. The second-order valence-electron chi connectivity index (χ2n) is 8.46. The van der Waals surface area contributed by atoms with E-state index in [2.05, 4.69) is 36.9 Å². The highest BCUT2D eigenvalue weighted by molar-refractivity contribution is 6.21. The topological polar surface area (TPSA) is 118 Å². The smallest absolute Gasteiger partial charge is 0.163 e. The molecule has 5 heterocycles. The number of anilines is 2. The number of rotatable bonds is 3. The maximum absolute atomic E-state index is 5.80. The van der Waals surface area contributed by atoms with E-state index in [-0.39, 0.29) is 6.17 Å². The number of aryl methyl sites for hydroxylation is 3. The van der Waals surface area contributed by atoms with Gasteiger partial charge < -0.3 is 24.9 Å². The van der Waals surface area contributed by atoms with Gasteiger partial charge in [0.2, 0.25) is 0 Å². The second kappa shape index (κ2) is 7.34. The van der Waals surface area contributed by atoms with Crippen molar-refractivity contribution in [2.75, 3.05) is 17.7 Å². The lowest BCUT2D eigenvalue weighted by atomic mass is 10.00.